The minimum absolute atomic E-state index is 0.274. The molecule has 5 atom stereocenters. The normalized spacial score (nSPS) is 26.0. The predicted molar refractivity (Wildman–Crippen MR) is 115 cm³/mol. The molecule has 1 aliphatic rings. The number of ether oxygens (including phenoxy) is 1. The number of aliphatic hydroxyl groups excluding tert-OH is 3. The molecule has 3 N–H and O–H groups in total. The van der Waals surface area contributed by atoms with Gasteiger partial charge in [-0.3, -0.25) is 0 Å². The maximum Gasteiger partial charge on any atom is 0.147 e. The molecule has 13 heteroatoms. The summed E-state index contributed by atoms with van der Waals surface area (Å²) < 4.78 is 7.06. The molecule has 4 rings (SSSR count). The standard InChI is InChI=1S/C18H15Cl2N5O4S2/c19-10-3-9(2-1-8(10)4-21)31-18-16(28)14(15(27)12(6-26)29-18)25-5-11(23-24-25)17-22-13(20)7-30-17/h1-3,5,7,12,14-16,18,26-28H,6H2/t12-,14+,15+,16-,18-/m1/s1. The summed E-state index contributed by atoms with van der Waals surface area (Å²) in [7, 11) is 0. The summed E-state index contributed by atoms with van der Waals surface area (Å²) in [4.78, 5) is 4.79. The Bertz CT molecular complexity index is 1120. The highest BCUT2D eigenvalue weighted by Crippen LogP contribution is 2.39. The molecule has 0 saturated carbocycles. The van der Waals surface area contributed by atoms with E-state index in [0.717, 1.165) is 11.8 Å². The van der Waals surface area contributed by atoms with Gasteiger partial charge in [0.25, 0.3) is 0 Å². The van der Waals surface area contributed by atoms with Gasteiger partial charge in [0, 0.05) is 10.3 Å². The summed E-state index contributed by atoms with van der Waals surface area (Å²) in [5.74, 6) is 0. The van der Waals surface area contributed by atoms with E-state index >= 15 is 0 Å². The predicted octanol–water partition coefficient (Wildman–Crippen LogP) is 2.35. The van der Waals surface area contributed by atoms with E-state index in [2.05, 4.69) is 15.3 Å². The topological polar surface area (TPSA) is 137 Å². The molecule has 9 nitrogen and oxygen atoms in total. The molecule has 162 valence electrons. The van der Waals surface area contributed by atoms with Crippen LogP contribution in [0.5, 0.6) is 0 Å². The Balaban J connectivity index is 1.60. The summed E-state index contributed by atoms with van der Waals surface area (Å²) in [6.45, 7) is -0.459. The highest BCUT2D eigenvalue weighted by atomic mass is 35.5. The Hall–Kier alpha value is -1.75. The Morgan fingerprint density at radius 1 is 1.29 bits per heavy atom. The maximum atomic E-state index is 11.0. The fraction of sp³-hybridized carbons (Fsp3) is 0.333. The van der Waals surface area contributed by atoms with Crippen molar-refractivity contribution in [3.63, 3.8) is 0 Å². The van der Waals surface area contributed by atoms with E-state index in [9.17, 15) is 15.3 Å². The van der Waals surface area contributed by atoms with Crippen LogP contribution in [0.25, 0.3) is 10.7 Å². The highest BCUT2D eigenvalue weighted by molar-refractivity contribution is 7.99. The Morgan fingerprint density at radius 2 is 2.10 bits per heavy atom. The van der Waals surface area contributed by atoms with Gasteiger partial charge in [0.15, 0.2) is 0 Å². The van der Waals surface area contributed by atoms with Crippen molar-refractivity contribution in [2.24, 2.45) is 0 Å². The van der Waals surface area contributed by atoms with Gasteiger partial charge in [-0.25, -0.2) is 9.67 Å². The molecule has 0 spiro atoms. The maximum absolute atomic E-state index is 11.0. The van der Waals surface area contributed by atoms with Gasteiger partial charge in [-0.15, -0.1) is 16.4 Å². The molecule has 1 aromatic carbocycles. The van der Waals surface area contributed by atoms with Crippen molar-refractivity contribution in [1.82, 2.24) is 20.0 Å². The van der Waals surface area contributed by atoms with Crippen LogP contribution in [-0.2, 0) is 4.74 Å². The van der Waals surface area contributed by atoms with Crippen molar-refractivity contribution in [1.29, 1.82) is 5.26 Å². The van der Waals surface area contributed by atoms with E-state index in [1.54, 1.807) is 29.8 Å². The van der Waals surface area contributed by atoms with Gasteiger partial charge in [-0.05, 0) is 18.2 Å². The fourth-order valence-corrected chi connectivity index (χ4v) is 5.45. The number of rotatable bonds is 5. The van der Waals surface area contributed by atoms with Gasteiger partial charge >= 0.3 is 0 Å². The molecule has 3 aromatic rings. The molecule has 0 amide bonds. The van der Waals surface area contributed by atoms with Gasteiger partial charge in [-0.1, -0.05) is 40.2 Å². The van der Waals surface area contributed by atoms with Crippen LogP contribution in [0.2, 0.25) is 10.2 Å². The molecule has 3 heterocycles. The zero-order chi connectivity index (χ0) is 22.1. The van der Waals surface area contributed by atoms with E-state index in [1.807, 2.05) is 6.07 Å². The zero-order valence-electron chi connectivity index (χ0n) is 15.5. The Kier molecular flexibility index (Phi) is 6.80. The van der Waals surface area contributed by atoms with E-state index in [0.29, 0.717) is 26.3 Å². The fourth-order valence-electron chi connectivity index (χ4n) is 3.16. The number of hydrogen-bond donors (Lipinski definition) is 3. The molecule has 0 radical (unpaired) electrons. The number of thioether (sulfide) groups is 1. The van der Waals surface area contributed by atoms with E-state index < -0.39 is 36.4 Å². The monoisotopic (exact) mass is 499 g/mol. The van der Waals surface area contributed by atoms with Crippen LogP contribution >= 0.6 is 46.3 Å². The van der Waals surface area contributed by atoms with Crippen molar-refractivity contribution < 1.29 is 20.1 Å². The summed E-state index contributed by atoms with van der Waals surface area (Å²) in [5.41, 5.74) is -0.0852. The third-order valence-corrected chi connectivity index (χ3v) is 7.32. The van der Waals surface area contributed by atoms with E-state index in [-0.39, 0.29) is 5.02 Å². The second-order valence-electron chi connectivity index (χ2n) is 6.63. The third-order valence-electron chi connectivity index (χ3n) is 4.67. The second-order valence-corrected chi connectivity index (χ2v) is 9.45. The number of nitriles is 1. The van der Waals surface area contributed by atoms with Crippen LogP contribution in [0.15, 0.2) is 34.7 Å². The number of hydrogen-bond acceptors (Lipinski definition) is 10. The third kappa shape index (κ3) is 4.57. The lowest BCUT2D eigenvalue weighted by molar-refractivity contribution is -0.178. The lowest BCUT2D eigenvalue weighted by atomic mass is 9.97. The van der Waals surface area contributed by atoms with Crippen LogP contribution in [0.3, 0.4) is 0 Å². The van der Waals surface area contributed by atoms with Crippen molar-refractivity contribution >= 4 is 46.3 Å². The van der Waals surface area contributed by atoms with Crippen LogP contribution in [0.1, 0.15) is 11.6 Å². The minimum atomic E-state index is -1.24. The average Bonchev–Trinajstić information content (AvgIpc) is 3.39. The molecular formula is C18H15Cl2N5O4S2. The van der Waals surface area contributed by atoms with Crippen LogP contribution in [-0.4, -0.2) is 65.7 Å². The number of benzene rings is 1. The van der Waals surface area contributed by atoms with Gasteiger partial charge in [-0.2, -0.15) is 5.26 Å². The lowest BCUT2D eigenvalue weighted by Crippen LogP contribution is -2.55. The summed E-state index contributed by atoms with van der Waals surface area (Å²) in [6.07, 6.45) is -1.85. The number of halogens is 2. The first-order chi connectivity index (χ1) is 14.9. The molecule has 31 heavy (non-hydrogen) atoms. The van der Waals surface area contributed by atoms with Crippen LogP contribution in [0, 0.1) is 11.3 Å². The van der Waals surface area contributed by atoms with Crippen molar-refractivity contribution in [3.05, 3.63) is 45.5 Å². The number of thiazole rings is 1. The van der Waals surface area contributed by atoms with Crippen LogP contribution < -0.4 is 0 Å². The first-order valence-corrected chi connectivity index (χ1v) is 11.4. The first-order valence-electron chi connectivity index (χ1n) is 8.93. The van der Waals surface area contributed by atoms with E-state index in [4.69, 9.17) is 33.2 Å². The van der Waals surface area contributed by atoms with Crippen LogP contribution in [0.4, 0.5) is 0 Å². The quantitative estimate of drug-likeness (QED) is 0.482. The van der Waals surface area contributed by atoms with Gasteiger partial charge in [0.2, 0.25) is 0 Å². The molecule has 0 bridgehead atoms. The largest absolute Gasteiger partial charge is 0.394 e. The number of nitrogens with zero attached hydrogens (tertiary/aromatic N) is 5. The number of aliphatic hydroxyl groups is 3. The summed E-state index contributed by atoms with van der Waals surface area (Å²) in [5, 5.41) is 51.3. The van der Waals surface area contributed by atoms with Crippen molar-refractivity contribution in [2.45, 2.75) is 34.7 Å². The Labute approximate surface area is 194 Å². The first kappa shape index (κ1) is 22.4. The highest BCUT2D eigenvalue weighted by Gasteiger charge is 2.46. The second kappa shape index (κ2) is 9.40. The molecule has 2 aromatic heterocycles. The van der Waals surface area contributed by atoms with Gasteiger partial charge in [0.05, 0.1) is 23.4 Å². The molecule has 1 aliphatic heterocycles. The summed E-state index contributed by atoms with van der Waals surface area (Å²) in [6, 6.07) is 5.89. The molecule has 0 unspecified atom stereocenters. The van der Waals surface area contributed by atoms with E-state index in [1.165, 1.54) is 16.0 Å². The van der Waals surface area contributed by atoms with Crippen molar-refractivity contribution in [2.75, 3.05) is 6.61 Å². The summed E-state index contributed by atoms with van der Waals surface area (Å²) >= 11 is 14.4. The average molecular weight is 500 g/mol. The Morgan fingerprint density at radius 3 is 2.74 bits per heavy atom. The molecular weight excluding hydrogens is 485 g/mol. The minimum Gasteiger partial charge on any atom is -0.394 e. The molecule has 1 fully saturated rings. The zero-order valence-corrected chi connectivity index (χ0v) is 18.7. The lowest BCUT2D eigenvalue weighted by Gasteiger charge is -2.41. The van der Waals surface area contributed by atoms with Crippen molar-refractivity contribution in [3.8, 4) is 16.8 Å². The molecule has 1 saturated heterocycles. The SMILES string of the molecule is N#Cc1ccc(S[C@H]2O[C@H](CO)[C@H](O)[C@H](n3cc(-c4nc(Cl)cs4)nn3)[C@H]2O)cc1Cl. The molecule has 0 aliphatic carbocycles. The number of aromatic nitrogens is 4. The van der Waals surface area contributed by atoms with Gasteiger partial charge < -0.3 is 20.1 Å². The smallest absolute Gasteiger partial charge is 0.147 e. The van der Waals surface area contributed by atoms with Gasteiger partial charge in [0.1, 0.15) is 51.7 Å².